The lowest BCUT2D eigenvalue weighted by atomic mass is 9.80. The van der Waals surface area contributed by atoms with E-state index in [4.69, 9.17) is 4.52 Å². The summed E-state index contributed by atoms with van der Waals surface area (Å²) in [6, 6.07) is 15.9. The second-order valence-corrected chi connectivity index (χ2v) is 9.72. The van der Waals surface area contributed by atoms with E-state index in [1.165, 1.54) is 6.42 Å². The molecule has 2 fully saturated rings. The Morgan fingerprint density at radius 2 is 1.77 bits per heavy atom. The van der Waals surface area contributed by atoms with E-state index in [1.807, 2.05) is 24.3 Å². The molecule has 35 heavy (non-hydrogen) atoms. The van der Waals surface area contributed by atoms with Gasteiger partial charge in [-0.15, -0.1) is 0 Å². The van der Waals surface area contributed by atoms with Crippen LogP contribution >= 0.6 is 0 Å². The Morgan fingerprint density at radius 3 is 2.54 bits per heavy atom. The van der Waals surface area contributed by atoms with Crippen LogP contribution < -0.4 is 10.6 Å². The molecule has 1 heterocycles. The highest BCUT2D eigenvalue weighted by atomic mass is 16.5. The fraction of sp³-hybridized carbons (Fsp3) is 0.393. The van der Waals surface area contributed by atoms with Gasteiger partial charge in [-0.2, -0.15) is 0 Å². The number of carbonyl (C=O) groups excluding carboxylic acids is 2. The third-order valence-corrected chi connectivity index (χ3v) is 7.02. The summed E-state index contributed by atoms with van der Waals surface area (Å²) in [5.41, 5.74) is 2.59. The van der Waals surface area contributed by atoms with Crippen molar-refractivity contribution in [3.05, 3.63) is 82.7 Å². The first kappa shape index (κ1) is 23.1. The van der Waals surface area contributed by atoms with Gasteiger partial charge in [0.05, 0.1) is 6.04 Å². The van der Waals surface area contributed by atoms with Gasteiger partial charge in [-0.05, 0) is 67.0 Å². The van der Waals surface area contributed by atoms with Gasteiger partial charge in [0.2, 0.25) is 0 Å². The van der Waals surface area contributed by atoms with E-state index in [2.05, 4.69) is 15.8 Å². The minimum atomic E-state index is -0.241. The number of benzene rings is 2. The van der Waals surface area contributed by atoms with E-state index < -0.39 is 0 Å². The van der Waals surface area contributed by atoms with Crippen LogP contribution in [0.2, 0.25) is 0 Å². The molecular formula is C28H31N3O4. The molecular weight excluding hydrogens is 442 g/mol. The highest BCUT2D eigenvalue weighted by Gasteiger charge is 2.31. The molecule has 7 nitrogen and oxygen atoms in total. The highest BCUT2D eigenvalue weighted by Crippen LogP contribution is 2.40. The Bertz CT molecular complexity index is 1190. The lowest BCUT2D eigenvalue weighted by Crippen LogP contribution is -2.35. The number of carbonyl (C=O) groups is 2. The molecule has 3 N–H and O–H groups in total. The smallest absolute Gasteiger partial charge is 0.273 e. The number of hydrogen-bond donors (Lipinski definition) is 3. The third kappa shape index (κ3) is 5.73. The molecule has 1 atom stereocenters. The standard InChI is InChI=1S/C28H31N3O4/c32-23-11-4-6-18(14-23)17-29-27(33)22-10-5-9-21(15-22)26(20-7-2-1-3-8-20)30-28(34)24-16-25(35-31-24)19-12-13-19/h4-6,9-11,14-16,19-20,26,32H,1-3,7-8,12-13,17H2,(H,29,33)(H,30,34). The normalized spacial score (nSPS) is 17.0. The number of hydrogen-bond acceptors (Lipinski definition) is 5. The number of rotatable bonds is 8. The summed E-state index contributed by atoms with van der Waals surface area (Å²) in [7, 11) is 0. The molecule has 5 rings (SSSR count). The van der Waals surface area contributed by atoms with Gasteiger partial charge in [-0.25, -0.2) is 0 Å². The second-order valence-electron chi connectivity index (χ2n) is 9.72. The van der Waals surface area contributed by atoms with Crippen LogP contribution in [0.5, 0.6) is 5.75 Å². The number of nitrogens with one attached hydrogen (secondary N) is 2. The second kappa shape index (κ2) is 10.3. The Morgan fingerprint density at radius 1 is 0.971 bits per heavy atom. The van der Waals surface area contributed by atoms with Gasteiger partial charge in [-0.3, -0.25) is 9.59 Å². The average Bonchev–Trinajstić information content (AvgIpc) is 3.62. The molecule has 0 spiro atoms. The van der Waals surface area contributed by atoms with E-state index >= 15 is 0 Å². The van der Waals surface area contributed by atoms with Crippen LogP contribution in [0.15, 0.2) is 59.1 Å². The largest absolute Gasteiger partial charge is 0.508 e. The van der Waals surface area contributed by atoms with Gasteiger partial charge >= 0.3 is 0 Å². The van der Waals surface area contributed by atoms with Crippen LogP contribution in [0.3, 0.4) is 0 Å². The summed E-state index contributed by atoms with van der Waals surface area (Å²) in [6.07, 6.45) is 7.72. The van der Waals surface area contributed by atoms with E-state index in [-0.39, 0.29) is 23.6 Å². The van der Waals surface area contributed by atoms with Crippen molar-refractivity contribution in [2.75, 3.05) is 0 Å². The molecule has 3 aromatic rings. The summed E-state index contributed by atoms with van der Waals surface area (Å²) >= 11 is 0. The van der Waals surface area contributed by atoms with Crippen LogP contribution in [0.4, 0.5) is 0 Å². The maximum Gasteiger partial charge on any atom is 0.273 e. The molecule has 2 aliphatic rings. The average molecular weight is 474 g/mol. The quantitative estimate of drug-likeness (QED) is 0.415. The predicted molar refractivity (Wildman–Crippen MR) is 131 cm³/mol. The molecule has 7 heteroatoms. The number of amides is 2. The first-order valence-corrected chi connectivity index (χ1v) is 12.5. The van der Waals surface area contributed by atoms with Crippen molar-refractivity contribution in [3.63, 3.8) is 0 Å². The molecule has 2 amide bonds. The number of aromatic nitrogens is 1. The molecule has 182 valence electrons. The minimum absolute atomic E-state index is 0.168. The Hall–Kier alpha value is -3.61. The SMILES string of the molecule is O=C(NCc1cccc(O)c1)c1cccc(C(NC(=O)c2cc(C3CC3)on2)C2CCCCC2)c1. The van der Waals surface area contributed by atoms with Gasteiger partial charge in [0.1, 0.15) is 11.5 Å². The van der Waals surface area contributed by atoms with E-state index in [0.717, 1.165) is 55.4 Å². The van der Waals surface area contributed by atoms with Gasteiger partial charge in [0.15, 0.2) is 5.69 Å². The molecule has 2 aromatic carbocycles. The minimum Gasteiger partial charge on any atom is -0.508 e. The zero-order valence-electron chi connectivity index (χ0n) is 19.7. The van der Waals surface area contributed by atoms with Gasteiger partial charge in [-0.1, -0.05) is 48.7 Å². The topological polar surface area (TPSA) is 104 Å². The molecule has 0 radical (unpaired) electrons. The zero-order valence-corrected chi connectivity index (χ0v) is 19.7. The third-order valence-electron chi connectivity index (χ3n) is 7.02. The highest BCUT2D eigenvalue weighted by molar-refractivity contribution is 5.94. The maximum absolute atomic E-state index is 13.1. The van der Waals surface area contributed by atoms with E-state index in [9.17, 15) is 14.7 Å². The summed E-state index contributed by atoms with van der Waals surface area (Å²) in [5.74, 6) is 1.21. The number of aromatic hydroxyl groups is 1. The van der Waals surface area contributed by atoms with Crippen molar-refractivity contribution in [2.45, 2.75) is 63.5 Å². The molecule has 0 aliphatic heterocycles. The molecule has 0 bridgehead atoms. The van der Waals surface area contributed by atoms with E-state index in [1.54, 1.807) is 30.3 Å². The Labute approximate surface area is 204 Å². The van der Waals surface area contributed by atoms with Crippen molar-refractivity contribution in [2.24, 2.45) is 5.92 Å². The van der Waals surface area contributed by atoms with Crippen LogP contribution in [-0.4, -0.2) is 22.1 Å². The molecule has 2 saturated carbocycles. The first-order chi connectivity index (χ1) is 17.1. The fourth-order valence-corrected chi connectivity index (χ4v) is 4.94. The summed E-state index contributed by atoms with van der Waals surface area (Å²) in [5, 5.41) is 19.8. The van der Waals surface area contributed by atoms with Crippen LogP contribution in [0.1, 0.15) is 94.6 Å². The van der Waals surface area contributed by atoms with Crippen molar-refractivity contribution >= 4 is 11.8 Å². The molecule has 2 aliphatic carbocycles. The molecule has 1 unspecified atom stereocenters. The lowest BCUT2D eigenvalue weighted by Gasteiger charge is -2.31. The first-order valence-electron chi connectivity index (χ1n) is 12.5. The number of phenolic OH excluding ortho intramolecular Hbond substituents is 1. The van der Waals surface area contributed by atoms with Crippen molar-refractivity contribution in [1.82, 2.24) is 15.8 Å². The maximum atomic E-state index is 13.1. The predicted octanol–water partition coefficient (Wildman–Crippen LogP) is 5.24. The van der Waals surface area contributed by atoms with Crippen LogP contribution in [0.25, 0.3) is 0 Å². The molecule has 1 aromatic heterocycles. The van der Waals surface area contributed by atoms with E-state index in [0.29, 0.717) is 29.6 Å². The fourth-order valence-electron chi connectivity index (χ4n) is 4.94. The van der Waals surface area contributed by atoms with Gasteiger partial charge in [0, 0.05) is 24.1 Å². The van der Waals surface area contributed by atoms with Crippen LogP contribution in [-0.2, 0) is 6.54 Å². The summed E-state index contributed by atoms with van der Waals surface area (Å²) in [4.78, 5) is 26.0. The van der Waals surface area contributed by atoms with Gasteiger partial charge in [0.25, 0.3) is 11.8 Å². The zero-order chi connectivity index (χ0) is 24.2. The van der Waals surface area contributed by atoms with Crippen molar-refractivity contribution in [3.8, 4) is 5.75 Å². The summed E-state index contributed by atoms with van der Waals surface area (Å²) < 4.78 is 5.38. The van der Waals surface area contributed by atoms with Gasteiger partial charge < -0.3 is 20.3 Å². The Kier molecular flexibility index (Phi) is 6.84. The number of nitrogens with zero attached hydrogens (tertiary/aromatic N) is 1. The summed E-state index contributed by atoms with van der Waals surface area (Å²) in [6.45, 7) is 0.315. The monoisotopic (exact) mass is 473 g/mol. The van der Waals surface area contributed by atoms with Crippen LogP contribution in [0, 0.1) is 5.92 Å². The van der Waals surface area contributed by atoms with Crippen molar-refractivity contribution < 1.29 is 19.2 Å². The van der Waals surface area contributed by atoms with Crippen molar-refractivity contribution in [1.29, 1.82) is 0 Å². The lowest BCUT2D eigenvalue weighted by molar-refractivity contribution is 0.0903. The number of phenols is 1. The molecule has 0 saturated heterocycles. The Balaban J connectivity index is 1.32.